The molecule has 8 nitrogen and oxygen atoms in total. The van der Waals surface area contributed by atoms with E-state index in [-0.39, 0.29) is 35.4 Å². The van der Waals surface area contributed by atoms with Crippen LogP contribution < -0.4 is 10.0 Å². The summed E-state index contributed by atoms with van der Waals surface area (Å²) < 4.78 is 27.1. The third kappa shape index (κ3) is 7.04. The first-order valence-corrected chi connectivity index (χ1v) is 9.06. The van der Waals surface area contributed by atoms with Crippen LogP contribution in [-0.4, -0.2) is 57.5 Å². The first-order valence-electron chi connectivity index (χ1n) is 7.58. The van der Waals surface area contributed by atoms with Gasteiger partial charge in [-0.25, -0.2) is 13.1 Å². The number of halogens is 2. The Balaban J connectivity index is 0.00000288. The minimum absolute atomic E-state index is 0. The number of non-ortho nitro benzene ring substituents is 1. The van der Waals surface area contributed by atoms with Gasteiger partial charge in [-0.2, -0.15) is 0 Å². The zero-order chi connectivity index (χ0) is 16.9. The molecule has 2 rings (SSSR count). The summed E-state index contributed by atoms with van der Waals surface area (Å²) in [6.07, 6.45) is 0.727. The molecule has 0 unspecified atom stereocenters. The first kappa shape index (κ1) is 24.0. The Hall–Kier alpha value is -0.970. The van der Waals surface area contributed by atoms with Crippen LogP contribution >= 0.6 is 24.8 Å². The summed E-state index contributed by atoms with van der Waals surface area (Å²) in [6, 6.07) is 3.77. The lowest BCUT2D eigenvalue weighted by Gasteiger charge is -2.27. The number of hydrogen-bond donors (Lipinski definition) is 2. The number of piperazine rings is 1. The molecule has 1 aromatic carbocycles. The summed E-state index contributed by atoms with van der Waals surface area (Å²) >= 11 is 0. The van der Waals surface area contributed by atoms with Crippen LogP contribution in [0.2, 0.25) is 0 Å². The van der Waals surface area contributed by atoms with Crippen LogP contribution in [0.25, 0.3) is 0 Å². The number of rotatable bonds is 7. The molecule has 2 N–H and O–H groups in total. The summed E-state index contributed by atoms with van der Waals surface area (Å²) in [5.74, 6) is 0. The van der Waals surface area contributed by atoms with Crippen molar-refractivity contribution in [2.75, 3.05) is 39.3 Å². The van der Waals surface area contributed by atoms with E-state index < -0.39 is 14.9 Å². The van der Waals surface area contributed by atoms with Crippen molar-refractivity contribution in [2.24, 2.45) is 0 Å². The lowest BCUT2D eigenvalue weighted by molar-refractivity contribution is -0.385. The molecule has 0 aromatic heterocycles. The van der Waals surface area contributed by atoms with Gasteiger partial charge in [0.2, 0.25) is 10.0 Å². The van der Waals surface area contributed by atoms with Crippen molar-refractivity contribution in [1.82, 2.24) is 14.9 Å². The molecule has 0 saturated carbocycles. The molecule has 144 valence electrons. The van der Waals surface area contributed by atoms with E-state index in [0.29, 0.717) is 12.1 Å². The van der Waals surface area contributed by atoms with Crippen LogP contribution in [0.4, 0.5) is 5.69 Å². The van der Waals surface area contributed by atoms with E-state index in [9.17, 15) is 18.5 Å². The van der Waals surface area contributed by atoms with Gasteiger partial charge < -0.3 is 10.2 Å². The summed E-state index contributed by atoms with van der Waals surface area (Å²) in [4.78, 5) is 12.6. The van der Waals surface area contributed by atoms with E-state index in [1.54, 1.807) is 6.92 Å². The van der Waals surface area contributed by atoms with Crippen molar-refractivity contribution in [2.45, 2.75) is 18.2 Å². The molecule has 11 heteroatoms. The number of nitrogens with zero attached hydrogens (tertiary/aromatic N) is 2. The predicted molar refractivity (Wildman–Crippen MR) is 101 cm³/mol. The zero-order valence-electron chi connectivity index (χ0n) is 13.9. The van der Waals surface area contributed by atoms with Crippen molar-refractivity contribution < 1.29 is 13.3 Å². The number of nitro benzene ring substituents is 1. The quantitative estimate of drug-likeness (QED) is 0.396. The van der Waals surface area contributed by atoms with Crippen LogP contribution in [0.15, 0.2) is 23.1 Å². The number of nitrogens with one attached hydrogen (secondary N) is 2. The van der Waals surface area contributed by atoms with Gasteiger partial charge in [0.15, 0.2) is 0 Å². The first-order chi connectivity index (χ1) is 10.9. The molecule has 0 atom stereocenters. The van der Waals surface area contributed by atoms with Crippen molar-refractivity contribution in [3.63, 3.8) is 0 Å². The van der Waals surface area contributed by atoms with Gasteiger partial charge in [0.05, 0.1) is 9.82 Å². The maximum Gasteiger partial charge on any atom is 0.269 e. The van der Waals surface area contributed by atoms with Gasteiger partial charge in [0.25, 0.3) is 5.69 Å². The summed E-state index contributed by atoms with van der Waals surface area (Å²) in [5, 5.41) is 14.0. The largest absolute Gasteiger partial charge is 0.314 e. The molecule has 25 heavy (non-hydrogen) atoms. The van der Waals surface area contributed by atoms with Crippen LogP contribution in [0.5, 0.6) is 0 Å². The second kappa shape index (κ2) is 10.9. The summed E-state index contributed by atoms with van der Waals surface area (Å²) in [6.45, 7) is 6.65. The van der Waals surface area contributed by atoms with Crippen LogP contribution in [0, 0.1) is 17.0 Å². The molecule has 1 aliphatic rings. The van der Waals surface area contributed by atoms with Crippen LogP contribution in [0.1, 0.15) is 12.0 Å². The molecule has 0 spiro atoms. The maximum atomic E-state index is 12.3. The van der Waals surface area contributed by atoms with E-state index in [1.165, 1.54) is 18.2 Å². The standard InChI is InChI=1S/C14H22N4O4S.2ClH/c1-12-11-13(18(19)20)3-4-14(12)23(21,22)16-5-2-8-17-9-6-15-7-10-17;;/h3-4,11,15-16H,2,5-10H2,1H3;2*1H. The number of nitro groups is 1. The number of benzene rings is 1. The lowest BCUT2D eigenvalue weighted by Crippen LogP contribution is -2.44. The Morgan fingerprint density at radius 1 is 1.28 bits per heavy atom. The molecule has 0 bridgehead atoms. The molecule has 1 aliphatic heterocycles. The Bertz CT molecular complexity index is 667. The average Bonchev–Trinajstić information content (AvgIpc) is 2.52. The average molecular weight is 415 g/mol. The van der Waals surface area contributed by atoms with Gasteiger partial charge in [-0.3, -0.25) is 10.1 Å². The highest BCUT2D eigenvalue weighted by Gasteiger charge is 2.19. The van der Waals surface area contributed by atoms with Gasteiger partial charge in [0, 0.05) is 44.9 Å². The number of hydrogen-bond acceptors (Lipinski definition) is 6. The lowest BCUT2D eigenvalue weighted by atomic mass is 10.2. The van der Waals surface area contributed by atoms with Gasteiger partial charge in [0.1, 0.15) is 0 Å². The van der Waals surface area contributed by atoms with Crippen molar-refractivity contribution in [3.8, 4) is 0 Å². The predicted octanol–water partition coefficient (Wildman–Crippen LogP) is 1.32. The molecule has 0 aliphatic carbocycles. The van der Waals surface area contributed by atoms with E-state index in [4.69, 9.17) is 0 Å². The summed E-state index contributed by atoms with van der Waals surface area (Å²) in [7, 11) is -3.64. The van der Waals surface area contributed by atoms with Crippen molar-refractivity contribution in [1.29, 1.82) is 0 Å². The Labute approximate surface area is 160 Å². The highest BCUT2D eigenvalue weighted by molar-refractivity contribution is 7.89. The van der Waals surface area contributed by atoms with Gasteiger partial charge in [-0.15, -0.1) is 24.8 Å². The third-order valence-corrected chi connectivity index (χ3v) is 5.43. The molecule has 1 fully saturated rings. The topological polar surface area (TPSA) is 105 Å². The number of aryl methyl sites for hydroxylation is 1. The van der Waals surface area contributed by atoms with Gasteiger partial charge >= 0.3 is 0 Å². The smallest absolute Gasteiger partial charge is 0.269 e. The fourth-order valence-corrected chi connectivity index (χ4v) is 3.87. The molecular formula is C14H24Cl2N4O4S. The van der Waals surface area contributed by atoms with E-state index in [0.717, 1.165) is 39.1 Å². The van der Waals surface area contributed by atoms with Crippen molar-refractivity contribution >= 4 is 40.5 Å². The third-order valence-electron chi connectivity index (χ3n) is 3.81. The van der Waals surface area contributed by atoms with Gasteiger partial charge in [-0.1, -0.05) is 0 Å². The SMILES string of the molecule is Cc1cc([N+](=O)[O-])ccc1S(=O)(=O)NCCCN1CCNCC1.Cl.Cl. The molecule has 0 amide bonds. The number of sulfonamides is 1. The Kier molecular flexibility index (Phi) is 10.5. The Morgan fingerprint density at radius 3 is 2.48 bits per heavy atom. The van der Waals surface area contributed by atoms with Crippen LogP contribution in [0.3, 0.4) is 0 Å². The maximum absolute atomic E-state index is 12.3. The second-order valence-electron chi connectivity index (χ2n) is 5.55. The fraction of sp³-hybridized carbons (Fsp3) is 0.571. The highest BCUT2D eigenvalue weighted by Crippen LogP contribution is 2.20. The normalized spacial score (nSPS) is 15.1. The minimum atomic E-state index is -3.64. The van der Waals surface area contributed by atoms with E-state index in [1.807, 2.05) is 0 Å². The van der Waals surface area contributed by atoms with E-state index >= 15 is 0 Å². The van der Waals surface area contributed by atoms with Crippen LogP contribution in [-0.2, 0) is 10.0 Å². The molecule has 1 aromatic rings. The Morgan fingerprint density at radius 2 is 1.92 bits per heavy atom. The molecular weight excluding hydrogens is 391 g/mol. The second-order valence-corrected chi connectivity index (χ2v) is 7.29. The molecule has 1 heterocycles. The van der Waals surface area contributed by atoms with Crippen molar-refractivity contribution in [3.05, 3.63) is 33.9 Å². The zero-order valence-corrected chi connectivity index (χ0v) is 16.4. The fourth-order valence-electron chi connectivity index (χ4n) is 2.57. The minimum Gasteiger partial charge on any atom is -0.314 e. The summed E-state index contributed by atoms with van der Waals surface area (Å²) in [5.41, 5.74) is 0.258. The molecule has 0 radical (unpaired) electrons. The molecule has 1 saturated heterocycles. The van der Waals surface area contributed by atoms with E-state index in [2.05, 4.69) is 14.9 Å². The highest BCUT2D eigenvalue weighted by atomic mass is 35.5. The van der Waals surface area contributed by atoms with Gasteiger partial charge in [-0.05, 0) is 31.5 Å². The monoisotopic (exact) mass is 414 g/mol.